The number of hydrogen-bond donors (Lipinski definition) is 1. The molecule has 30 heavy (non-hydrogen) atoms. The van der Waals surface area contributed by atoms with E-state index < -0.39 is 18.6 Å². The average molecular weight is 427 g/mol. The summed E-state index contributed by atoms with van der Waals surface area (Å²) in [7, 11) is 1.91. The van der Waals surface area contributed by atoms with Gasteiger partial charge in [0.2, 0.25) is 11.8 Å². The maximum Gasteiger partial charge on any atom is 0.405 e. The van der Waals surface area contributed by atoms with Crippen LogP contribution in [0.1, 0.15) is 58.8 Å². The standard InChI is InChI=1S/C23H33F3N2O2/c1-21-10-8-17-15(5-7-18-22(17,2)11-9-20(30)28(18)3)16(21)6-4-14(21)12-19(29)27-13-23(24,25)26/h9,11,14-18H,4-8,10,12-13H2,1-3H3,(H,27,29)/t14-,15+,16+,17+,18-,21-,22-/m1/s1. The summed E-state index contributed by atoms with van der Waals surface area (Å²) < 4.78 is 37.3. The number of nitrogens with one attached hydrogen (secondary N) is 1. The number of rotatable bonds is 3. The van der Waals surface area contributed by atoms with Crippen LogP contribution < -0.4 is 5.32 Å². The Balaban J connectivity index is 1.48. The van der Waals surface area contributed by atoms with Gasteiger partial charge >= 0.3 is 6.18 Å². The average Bonchev–Trinajstić information content (AvgIpc) is 2.99. The van der Waals surface area contributed by atoms with Crippen molar-refractivity contribution in [2.75, 3.05) is 13.6 Å². The van der Waals surface area contributed by atoms with Gasteiger partial charge in [-0.2, -0.15) is 13.2 Å². The monoisotopic (exact) mass is 426 g/mol. The van der Waals surface area contributed by atoms with Crippen LogP contribution in [0.3, 0.4) is 0 Å². The smallest absolute Gasteiger partial charge is 0.347 e. The third kappa shape index (κ3) is 3.46. The number of likely N-dealkylation sites (N-methyl/N-ethyl adjacent to an activating group) is 1. The van der Waals surface area contributed by atoms with Crippen molar-refractivity contribution >= 4 is 11.8 Å². The molecule has 1 heterocycles. The van der Waals surface area contributed by atoms with Gasteiger partial charge in [0.15, 0.2) is 0 Å². The number of carbonyl (C=O) groups excluding carboxylic acids is 2. The molecule has 0 spiro atoms. The maximum atomic E-state index is 12.4. The highest BCUT2D eigenvalue weighted by Gasteiger charge is 2.60. The van der Waals surface area contributed by atoms with E-state index in [0.29, 0.717) is 17.8 Å². The van der Waals surface area contributed by atoms with Gasteiger partial charge in [0.05, 0.1) is 0 Å². The molecule has 3 saturated carbocycles. The van der Waals surface area contributed by atoms with Gasteiger partial charge < -0.3 is 10.2 Å². The van der Waals surface area contributed by atoms with Gasteiger partial charge in [-0.05, 0) is 73.7 Å². The quantitative estimate of drug-likeness (QED) is 0.731. The largest absolute Gasteiger partial charge is 0.405 e. The van der Waals surface area contributed by atoms with E-state index >= 15 is 0 Å². The summed E-state index contributed by atoms with van der Waals surface area (Å²) in [6.07, 6.45) is 5.81. The fourth-order valence-electron chi connectivity index (χ4n) is 7.68. The van der Waals surface area contributed by atoms with Crippen molar-refractivity contribution in [2.45, 2.75) is 71.0 Å². The summed E-state index contributed by atoms with van der Waals surface area (Å²) in [4.78, 5) is 26.3. The Morgan fingerprint density at radius 3 is 2.60 bits per heavy atom. The first-order chi connectivity index (χ1) is 14.0. The first kappa shape index (κ1) is 21.7. The molecule has 0 radical (unpaired) electrons. The van der Waals surface area contributed by atoms with Crippen LogP contribution in [-0.2, 0) is 9.59 Å². The summed E-state index contributed by atoms with van der Waals surface area (Å²) in [6.45, 7) is 3.32. The van der Waals surface area contributed by atoms with E-state index in [1.807, 2.05) is 11.9 Å². The van der Waals surface area contributed by atoms with Gasteiger partial charge in [-0.15, -0.1) is 0 Å². The Morgan fingerprint density at radius 2 is 1.90 bits per heavy atom. The van der Waals surface area contributed by atoms with Gasteiger partial charge in [-0.1, -0.05) is 19.9 Å². The van der Waals surface area contributed by atoms with Crippen LogP contribution in [0.15, 0.2) is 12.2 Å². The van der Waals surface area contributed by atoms with E-state index in [4.69, 9.17) is 0 Å². The van der Waals surface area contributed by atoms with Crippen molar-refractivity contribution in [3.63, 3.8) is 0 Å². The Bertz CT molecular complexity index is 751. The number of alkyl halides is 3. The second-order valence-electron chi connectivity index (χ2n) is 10.5. The van der Waals surface area contributed by atoms with Crippen molar-refractivity contribution in [1.82, 2.24) is 10.2 Å². The van der Waals surface area contributed by atoms with Crippen molar-refractivity contribution in [1.29, 1.82) is 0 Å². The minimum atomic E-state index is -4.37. The Hall–Kier alpha value is -1.53. The highest BCUT2D eigenvalue weighted by atomic mass is 19.4. The molecule has 4 nitrogen and oxygen atoms in total. The molecule has 0 aromatic heterocycles. The molecule has 4 rings (SSSR count). The third-order valence-electron chi connectivity index (χ3n) is 9.24. The maximum absolute atomic E-state index is 12.4. The number of halogens is 3. The van der Waals surface area contributed by atoms with Gasteiger partial charge in [-0.25, -0.2) is 0 Å². The molecule has 0 aromatic rings. The normalized spacial score (nSPS) is 43.1. The van der Waals surface area contributed by atoms with Crippen molar-refractivity contribution < 1.29 is 22.8 Å². The van der Waals surface area contributed by atoms with Gasteiger partial charge in [-0.3, -0.25) is 9.59 Å². The van der Waals surface area contributed by atoms with Crippen LogP contribution in [0, 0.1) is 34.5 Å². The van der Waals surface area contributed by atoms with Crippen molar-refractivity contribution in [2.24, 2.45) is 34.5 Å². The molecule has 7 heteroatoms. The van der Waals surface area contributed by atoms with Crippen molar-refractivity contribution in [3.05, 3.63) is 12.2 Å². The fraction of sp³-hybridized carbons (Fsp3) is 0.826. The number of carbonyl (C=O) groups is 2. The second-order valence-corrected chi connectivity index (χ2v) is 10.5. The van der Waals surface area contributed by atoms with E-state index in [1.165, 1.54) is 0 Å². The second kappa shape index (κ2) is 7.27. The lowest BCUT2D eigenvalue weighted by Crippen LogP contribution is -2.59. The lowest BCUT2D eigenvalue weighted by atomic mass is 9.47. The van der Waals surface area contributed by atoms with E-state index in [1.54, 1.807) is 6.08 Å². The topological polar surface area (TPSA) is 49.4 Å². The minimum Gasteiger partial charge on any atom is -0.347 e. The molecular formula is C23H33F3N2O2. The molecular weight excluding hydrogens is 393 g/mol. The summed E-state index contributed by atoms with van der Waals surface area (Å²) >= 11 is 0. The molecule has 0 unspecified atom stereocenters. The molecule has 3 fully saturated rings. The fourth-order valence-corrected chi connectivity index (χ4v) is 7.68. The first-order valence-electron chi connectivity index (χ1n) is 11.2. The van der Waals surface area contributed by atoms with Crippen LogP contribution in [-0.4, -0.2) is 42.5 Å². The third-order valence-corrected chi connectivity index (χ3v) is 9.24. The minimum absolute atomic E-state index is 0.0139. The Kier molecular flexibility index (Phi) is 5.25. The number of hydrogen-bond acceptors (Lipinski definition) is 2. The van der Waals surface area contributed by atoms with Gasteiger partial charge in [0.25, 0.3) is 0 Å². The van der Waals surface area contributed by atoms with Crippen LogP contribution in [0.5, 0.6) is 0 Å². The van der Waals surface area contributed by atoms with Crippen LogP contribution in [0.25, 0.3) is 0 Å². The molecule has 4 aliphatic rings. The highest BCUT2D eigenvalue weighted by Crippen LogP contribution is 2.65. The lowest BCUT2D eigenvalue weighted by Gasteiger charge is -2.60. The predicted molar refractivity (Wildman–Crippen MR) is 107 cm³/mol. The Labute approximate surface area is 176 Å². The molecule has 0 saturated heterocycles. The zero-order chi connectivity index (χ0) is 21.9. The highest BCUT2D eigenvalue weighted by molar-refractivity contribution is 5.89. The summed E-state index contributed by atoms with van der Waals surface area (Å²) in [6, 6.07) is 0.242. The Morgan fingerprint density at radius 1 is 1.17 bits per heavy atom. The summed E-state index contributed by atoms with van der Waals surface area (Å²) in [5, 5.41) is 2.06. The number of nitrogens with zero attached hydrogens (tertiary/aromatic N) is 1. The van der Waals surface area contributed by atoms with Crippen LogP contribution >= 0.6 is 0 Å². The van der Waals surface area contributed by atoms with E-state index in [2.05, 4.69) is 25.2 Å². The van der Waals surface area contributed by atoms with E-state index in [-0.39, 0.29) is 35.1 Å². The number of fused-ring (bicyclic) bond motifs is 5. The molecule has 1 N–H and O–H groups in total. The SMILES string of the molecule is CN1C(=O)C=C[C@]2(C)[C@H]3CC[C@]4(C)[C@@H](CC(=O)NCC(F)(F)F)CC[C@H]4[C@@H]3CC[C@@H]12. The lowest BCUT2D eigenvalue weighted by molar-refractivity contribution is -0.141. The molecule has 0 aromatic carbocycles. The van der Waals surface area contributed by atoms with Gasteiger partial charge in [0.1, 0.15) is 6.54 Å². The molecule has 3 aliphatic carbocycles. The summed E-state index contributed by atoms with van der Waals surface area (Å²) in [5.41, 5.74) is -0.00485. The van der Waals surface area contributed by atoms with Crippen LogP contribution in [0.2, 0.25) is 0 Å². The zero-order valence-electron chi connectivity index (χ0n) is 18.1. The molecule has 168 valence electrons. The molecule has 0 bridgehead atoms. The van der Waals surface area contributed by atoms with E-state index in [0.717, 1.165) is 38.5 Å². The van der Waals surface area contributed by atoms with Gasteiger partial charge in [0, 0.05) is 24.9 Å². The zero-order valence-corrected chi connectivity index (χ0v) is 18.1. The molecule has 2 amide bonds. The summed E-state index contributed by atoms with van der Waals surface area (Å²) in [5.74, 6) is 1.33. The van der Waals surface area contributed by atoms with E-state index in [9.17, 15) is 22.8 Å². The van der Waals surface area contributed by atoms with Crippen LogP contribution in [0.4, 0.5) is 13.2 Å². The van der Waals surface area contributed by atoms with Crippen molar-refractivity contribution in [3.8, 4) is 0 Å². The first-order valence-corrected chi connectivity index (χ1v) is 11.2. The predicted octanol–water partition coefficient (Wildman–Crippen LogP) is 4.31. The number of amides is 2. The molecule has 1 aliphatic heterocycles. The molecule has 7 atom stereocenters.